The van der Waals surface area contributed by atoms with Crippen LogP contribution in [0, 0.1) is 0 Å². The summed E-state index contributed by atoms with van der Waals surface area (Å²) in [7, 11) is 0. The minimum Gasteiger partial charge on any atom is -0.320 e. The van der Waals surface area contributed by atoms with Crippen LogP contribution in [-0.2, 0) is 5.54 Å². The summed E-state index contributed by atoms with van der Waals surface area (Å²) in [4.78, 5) is 2.44. The Morgan fingerprint density at radius 1 is 1.28 bits per heavy atom. The van der Waals surface area contributed by atoms with Gasteiger partial charge in [-0.25, -0.2) is 0 Å². The summed E-state index contributed by atoms with van der Waals surface area (Å²) in [6.45, 7) is 7.04. The molecule has 18 heavy (non-hydrogen) atoms. The molecule has 2 rings (SSSR count). The minimum atomic E-state index is -0.351. The second-order valence-electron chi connectivity index (χ2n) is 5.14. The van der Waals surface area contributed by atoms with Gasteiger partial charge in [-0.3, -0.25) is 0 Å². The van der Waals surface area contributed by atoms with Gasteiger partial charge in [-0.1, -0.05) is 29.8 Å². The second kappa shape index (κ2) is 5.87. The van der Waals surface area contributed by atoms with Crippen LogP contribution >= 0.6 is 11.6 Å². The highest BCUT2D eigenvalue weighted by Gasteiger charge is 2.29. The molecule has 1 atom stereocenters. The third kappa shape index (κ3) is 3.14. The third-order valence-corrected chi connectivity index (χ3v) is 3.88. The number of nitrogens with two attached hydrogens (primary N) is 1. The molecule has 2 N–H and O–H groups in total. The Balaban J connectivity index is 2.18. The molecule has 3 heteroatoms. The fraction of sp³-hybridized carbons (Fsp3) is 0.467. The molecule has 1 aliphatic rings. The number of rotatable bonds is 5. The highest BCUT2D eigenvalue weighted by Crippen LogP contribution is 2.26. The Hall–Kier alpha value is -0.830. The van der Waals surface area contributed by atoms with E-state index >= 15 is 0 Å². The van der Waals surface area contributed by atoms with Gasteiger partial charge in [0, 0.05) is 11.6 Å². The fourth-order valence-electron chi connectivity index (χ4n) is 2.65. The predicted octanol–water partition coefficient (Wildman–Crippen LogP) is 3.17. The molecule has 0 bridgehead atoms. The van der Waals surface area contributed by atoms with Crippen molar-refractivity contribution in [2.75, 3.05) is 19.6 Å². The van der Waals surface area contributed by atoms with Gasteiger partial charge in [0.25, 0.3) is 0 Å². The molecular formula is C15H21ClN2. The molecule has 1 saturated heterocycles. The summed E-state index contributed by atoms with van der Waals surface area (Å²) < 4.78 is 0. The first-order chi connectivity index (χ1) is 8.64. The zero-order chi connectivity index (χ0) is 13.0. The predicted molar refractivity (Wildman–Crippen MR) is 77.8 cm³/mol. The molecule has 2 nitrogen and oxygen atoms in total. The van der Waals surface area contributed by atoms with Gasteiger partial charge in [0.15, 0.2) is 0 Å². The largest absolute Gasteiger partial charge is 0.320 e. The van der Waals surface area contributed by atoms with Gasteiger partial charge in [-0.15, -0.1) is 6.58 Å². The van der Waals surface area contributed by atoms with E-state index in [-0.39, 0.29) is 5.54 Å². The number of nitrogens with zero attached hydrogens (tertiary/aromatic N) is 1. The lowest BCUT2D eigenvalue weighted by atomic mass is 9.87. The molecule has 0 saturated carbocycles. The third-order valence-electron chi connectivity index (χ3n) is 3.63. The molecule has 0 aliphatic carbocycles. The van der Waals surface area contributed by atoms with Crippen LogP contribution in [0.4, 0.5) is 0 Å². The maximum atomic E-state index is 6.60. The van der Waals surface area contributed by atoms with Crippen LogP contribution in [0.1, 0.15) is 24.8 Å². The van der Waals surface area contributed by atoms with Crippen molar-refractivity contribution in [3.8, 4) is 0 Å². The SMILES string of the molecule is C=CCC(N)(CN1CCCC1)c1ccc(Cl)cc1. The molecule has 1 fully saturated rings. The molecular weight excluding hydrogens is 244 g/mol. The average Bonchev–Trinajstić information content (AvgIpc) is 2.82. The number of halogens is 1. The van der Waals surface area contributed by atoms with Crippen LogP contribution in [0.15, 0.2) is 36.9 Å². The van der Waals surface area contributed by atoms with Crippen LogP contribution in [0.2, 0.25) is 5.02 Å². The van der Waals surface area contributed by atoms with E-state index in [1.165, 1.54) is 12.8 Å². The van der Waals surface area contributed by atoms with E-state index in [2.05, 4.69) is 11.5 Å². The lowest BCUT2D eigenvalue weighted by Gasteiger charge is -2.33. The molecule has 0 spiro atoms. The van der Waals surface area contributed by atoms with E-state index in [1.54, 1.807) is 0 Å². The van der Waals surface area contributed by atoms with Gasteiger partial charge in [-0.05, 0) is 50.0 Å². The van der Waals surface area contributed by atoms with Gasteiger partial charge >= 0.3 is 0 Å². The van der Waals surface area contributed by atoms with Crippen molar-refractivity contribution in [1.82, 2.24) is 4.90 Å². The molecule has 1 aromatic rings. The lowest BCUT2D eigenvalue weighted by molar-refractivity contribution is 0.248. The van der Waals surface area contributed by atoms with Crippen LogP contribution in [0.5, 0.6) is 0 Å². The summed E-state index contributed by atoms with van der Waals surface area (Å²) in [6.07, 6.45) is 5.26. The zero-order valence-corrected chi connectivity index (χ0v) is 11.5. The first-order valence-corrected chi connectivity index (χ1v) is 6.90. The van der Waals surface area contributed by atoms with Crippen molar-refractivity contribution in [2.45, 2.75) is 24.8 Å². The Bertz CT molecular complexity index is 395. The topological polar surface area (TPSA) is 29.3 Å². The van der Waals surface area contributed by atoms with Crippen molar-refractivity contribution in [3.05, 3.63) is 47.5 Å². The molecule has 0 radical (unpaired) electrons. The second-order valence-corrected chi connectivity index (χ2v) is 5.58. The van der Waals surface area contributed by atoms with Crippen LogP contribution in [0.25, 0.3) is 0 Å². The lowest BCUT2D eigenvalue weighted by Crippen LogP contribution is -2.46. The maximum Gasteiger partial charge on any atom is 0.0573 e. The monoisotopic (exact) mass is 264 g/mol. The van der Waals surface area contributed by atoms with E-state index in [4.69, 9.17) is 17.3 Å². The molecule has 0 amide bonds. The van der Waals surface area contributed by atoms with Crippen molar-refractivity contribution in [2.24, 2.45) is 5.73 Å². The molecule has 98 valence electrons. The zero-order valence-electron chi connectivity index (χ0n) is 10.7. The maximum absolute atomic E-state index is 6.60. The van der Waals surface area contributed by atoms with Gasteiger partial charge < -0.3 is 10.6 Å². The Kier molecular flexibility index (Phi) is 4.44. The standard InChI is InChI=1S/C15H21ClN2/c1-2-9-15(17,12-18-10-3-4-11-18)13-5-7-14(16)8-6-13/h2,5-8H,1,3-4,9-12,17H2. The van der Waals surface area contributed by atoms with E-state index in [1.807, 2.05) is 30.3 Å². The van der Waals surface area contributed by atoms with Gasteiger partial charge in [-0.2, -0.15) is 0 Å². The number of benzene rings is 1. The van der Waals surface area contributed by atoms with E-state index in [0.29, 0.717) is 0 Å². The van der Waals surface area contributed by atoms with Crippen molar-refractivity contribution in [1.29, 1.82) is 0 Å². The Morgan fingerprint density at radius 3 is 2.44 bits per heavy atom. The minimum absolute atomic E-state index is 0.351. The van der Waals surface area contributed by atoms with E-state index in [0.717, 1.165) is 36.6 Å². The van der Waals surface area contributed by atoms with Crippen LogP contribution in [-0.4, -0.2) is 24.5 Å². The van der Waals surface area contributed by atoms with E-state index < -0.39 is 0 Å². The van der Waals surface area contributed by atoms with Crippen LogP contribution in [0.3, 0.4) is 0 Å². The smallest absolute Gasteiger partial charge is 0.0573 e. The van der Waals surface area contributed by atoms with Gasteiger partial charge in [0.2, 0.25) is 0 Å². The summed E-state index contributed by atoms with van der Waals surface area (Å²) in [5, 5.41) is 0.751. The number of likely N-dealkylation sites (tertiary alicyclic amines) is 1. The van der Waals surface area contributed by atoms with Crippen LogP contribution < -0.4 is 5.73 Å². The van der Waals surface area contributed by atoms with Gasteiger partial charge in [0.05, 0.1) is 5.54 Å². The highest BCUT2D eigenvalue weighted by molar-refractivity contribution is 6.30. The summed E-state index contributed by atoms with van der Waals surface area (Å²) >= 11 is 5.94. The average molecular weight is 265 g/mol. The highest BCUT2D eigenvalue weighted by atomic mass is 35.5. The van der Waals surface area contributed by atoms with E-state index in [9.17, 15) is 0 Å². The molecule has 1 unspecified atom stereocenters. The fourth-order valence-corrected chi connectivity index (χ4v) is 2.78. The number of hydrogen-bond donors (Lipinski definition) is 1. The Labute approximate surface area is 114 Å². The summed E-state index contributed by atoms with van der Waals surface area (Å²) in [5.41, 5.74) is 7.39. The molecule has 0 aromatic heterocycles. The van der Waals surface area contributed by atoms with Crippen molar-refractivity contribution < 1.29 is 0 Å². The molecule has 1 aliphatic heterocycles. The molecule has 1 aromatic carbocycles. The molecule has 1 heterocycles. The summed E-state index contributed by atoms with van der Waals surface area (Å²) in [5.74, 6) is 0. The van der Waals surface area contributed by atoms with Gasteiger partial charge in [0.1, 0.15) is 0 Å². The number of hydrogen-bond acceptors (Lipinski definition) is 2. The summed E-state index contributed by atoms with van der Waals surface area (Å²) in [6, 6.07) is 7.88. The first kappa shape index (κ1) is 13.6. The Morgan fingerprint density at radius 2 is 1.89 bits per heavy atom. The van der Waals surface area contributed by atoms with Crippen molar-refractivity contribution in [3.63, 3.8) is 0 Å². The normalized spacial score (nSPS) is 19.7. The quantitative estimate of drug-likeness (QED) is 0.828. The first-order valence-electron chi connectivity index (χ1n) is 6.52. The van der Waals surface area contributed by atoms with Crippen molar-refractivity contribution >= 4 is 11.6 Å².